The van der Waals surface area contributed by atoms with Crippen LogP contribution in [-0.2, 0) is 15.2 Å². The van der Waals surface area contributed by atoms with Gasteiger partial charge in [-0.3, -0.25) is 4.79 Å². The van der Waals surface area contributed by atoms with Gasteiger partial charge in [0.15, 0.2) is 0 Å². The molecule has 2 heterocycles. The van der Waals surface area contributed by atoms with E-state index < -0.39 is 5.66 Å². The molecule has 2 aromatic carbocycles. The zero-order valence-electron chi connectivity index (χ0n) is 17.4. The molecule has 1 atom stereocenters. The lowest BCUT2D eigenvalue weighted by Gasteiger charge is -2.30. The van der Waals surface area contributed by atoms with Crippen LogP contribution < -0.4 is 15.8 Å². The molecule has 1 aromatic heterocycles. The van der Waals surface area contributed by atoms with Crippen molar-refractivity contribution >= 4 is 18.1 Å². The Hall–Kier alpha value is -3.58. The molecule has 0 spiro atoms. The number of anilines is 1. The van der Waals surface area contributed by atoms with Gasteiger partial charge in [0.1, 0.15) is 23.0 Å². The number of nitrogens with one attached hydrogen (secondary N) is 2. The Morgan fingerprint density at radius 2 is 1.84 bits per heavy atom. The van der Waals surface area contributed by atoms with Gasteiger partial charge in [-0.2, -0.15) is 0 Å². The molecule has 160 valence electrons. The molecule has 0 radical (unpaired) electrons. The highest BCUT2D eigenvalue weighted by Crippen LogP contribution is 2.41. The van der Waals surface area contributed by atoms with Crippen molar-refractivity contribution in [3.63, 3.8) is 0 Å². The normalized spacial score (nSPS) is 17.0. The maximum Gasteiger partial charge on any atom is 0.305 e. The number of ether oxygens (including phenoxy) is 2. The number of aliphatic imine (C=N–C) groups is 1. The summed E-state index contributed by atoms with van der Waals surface area (Å²) in [5.74, 6) is 2.14. The first-order chi connectivity index (χ1) is 15.1. The van der Waals surface area contributed by atoms with E-state index in [-0.39, 0.29) is 5.97 Å². The topological polar surface area (TPSA) is 102 Å². The number of fused-ring (bicyclic) bond motifs is 1. The van der Waals surface area contributed by atoms with Gasteiger partial charge < -0.3 is 25.5 Å². The minimum Gasteiger partial charge on any atom is -0.466 e. The van der Waals surface area contributed by atoms with Crippen LogP contribution >= 0.6 is 0 Å². The summed E-state index contributed by atoms with van der Waals surface area (Å²) in [6.07, 6.45) is 4.95. The van der Waals surface area contributed by atoms with Crippen LogP contribution in [0.15, 0.2) is 65.8 Å². The van der Waals surface area contributed by atoms with Crippen molar-refractivity contribution in [1.29, 1.82) is 0 Å². The number of rotatable bonds is 8. The first-order valence-electron chi connectivity index (χ1n) is 10.4. The van der Waals surface area contributed by atoms with E-state index in [1.54, 1.807) is 13.3 Å². The molecule has 0 bridgehead atoms. The van der Waals surface area contributed by atoms with Gasteiger partial charge in [0.25, 0.3) is 0 Å². The molecular weight excluding hydrogens is 392 g/mol. The van der Waals surface area contributed by atoms with Crippen molar-refractivity contribution in [2.75, 3.05) is 11.9 Å². The second kappa shape index (κ2) is 9.06. The number of nitrogens with zero attached hydrogens (tertiary/aromatic N) is 1. The van der Waals surface area contributed by atoms with E-state index in [9.17, 15) is 4.79 Å². The van der Waals surface area contributed by atoms with Crippen LogP contribution in [0.2, 0.25) is 0 Å². The predicted octanol–water partition coefficient (Wildman–Crippen LogP) is 4.77. The molecule has 1 aliphatic heterocycles. The van der Waals surface area contributed by atoms with E-state index in [2.05, 4.69) is 15.3 Å². The fraction of sp³-hybridized carbons (Fsp3) is 0.250. The lowest BCUT2D eigenvalue weighted by Crippen LogP contribution is -2.38. The number of carbonyl (C=O) groups is 1. The minimum absolute atomic E-state index is 0.215. The summed E-state index contributed by atoms with van der Waals surface area (Å²) >= 11 is 0. The summed E-state index contributed by atoms with van der Waals surface area (Å²) in [5, 5.41) is 3.13. The summed E-state index contributed by atoms with van der Waals surface area (Å²) in [5.41, 5.74) is 8.63. The van der Waals surface area contributed by atoms with E-state index in [4.69, 9.17) is 15.2 Å². The fourth-order valence-corrected chi connectivity index (χ4v) is 3.74. The summed E-state index contributed by atoms with van der Waals surface area (Å²) in [7, 11) is 0. The van der Waals surface area contributed by atoms with E-state index in [0.29, 0.717) is 25.9 Å². The number of nitrogens with two attached hydrogens (primary N) is 1. The monoisotopic (exact) mass is 418 g/mol. The van der Waals surface area contributed by atoms with Crippen LogP contribution in [0.5, 0.6) is 11.5 Å². The molecular formula is C24H26N4O3. The molecule has 0 saturated carbocycles. The van der Waals surface area contributed by atoms with Gasteiger partial charge in [0.05, 0.1) is 12.9 Å². The van der Waals surface area contributed by atoms with Crippen molar-refractivity contribution < 1.29 is 14.3 Å². The SMILES string of the molecule is CCOC(=O)CCCC1(N)N=CNc2[nH]cc(-c3ccc(Oc4ccccc4)cc3)c21. The summed E-state index contributed by atoms with van der Waals surface area (Å²) in [4.78, 5) is 19.5. The number of H-pyrrole nitrogens is 1. The second-order valence-electron chi connectivity index (χ2n) is 7.38. The van der Waals surface area contributed by atoms with Crippen molar-refractivity contribution in [2.45, 2.75) is 31.8 Å². The smallest absolute Gasteiger partial charge is 0.305 e. The van der Waals surface area contributed by atoms with Gasteiger partial charge in [-0.05, 0) is 49.6 Å². The molecule has 0 saturated heterocycles. The Morgan fingerprint density at radius 3 is 2.58 bits per heavy atom. The Morgan fingerprint density at radius 1 is 1.10 bits per heavy atom. The molecule has 0 amide bonds. The highest BCUT2D eigenvalue weighted by molar-refractivity contribution is 5.85. The number of aromatic amines is 1. The summed E-state index contributed by atoms with van der Waals surface area (Å²) in [6, 6.07) is 17.5. The van der Waals surface area contributed by atoms with Crippen molar-refractivity contribution in [3.05, 3.63) is 66.4 Å². The molecule has 7 heteroatoms. The zero-order chi connectivity index (χ0) is 21.7. The number of esters is 1. The minimum atomic E-state index is -0.929. The van der Waals surface area contributed by atoms with Crippen molar-refractivity contribution in [2.24, 2.45) is 10.7 Å². The van der Waals surface area contributed by atoms with Crippen LogP contribution in [0.3, 0.4) is 0 Å². The Balaban J connectivity index is 1.53. The second-order valence-corrected chi connectivity index (χ2v) is 7.38. The molecule has 4 rings (SSSR count). The number of hydrogen-bond donors (Lipinski definition) is 3. The van der Waals surface area contributed by atoms with Gasteiger partial charge >= 0.3 is 5.97 Å². The fourth-order valence-electron chi connectivity index (χ4n) is 3.74. The lowest BCUT2D eigenvalue weighted by molar-refractivity contribution is -0.143. The average molecular weight is 418 g/mol. The third-order valence-corrected chi connectivity index (χ3v) is 5.21. The van der Waals surface area contributed by atoms with Gasteiger partial charge in [-0.25, -0.2) is 4.99 Å². The van der Waals surface area contributed by atoms with Gasteiger partial charge in [0.2, 0.25) is 0 Å². The van der Waals surface area contributed by atoms with E-state index in [1.165, 1.54) is 0 Å². The molecule has 31 heavy (non-hydrogen) atoms. The van der Waals surface area contributed by atoms with Crippen LogP contribution in [-0.4, -0.2) is 23.9 Å². The number of aromatic nitrogens is 1. The number of para-hydroxylation sites is 1. The molecule has 0 aliphatic carbocycles. The standard InChI is InChI=1S/C24H26N4O3/c1-2-30-21(29)9-6-14-24(25)22-20(15-26-23(22)27-16-28-24)17-10-12-19(13-11-17)31-18-7-4-3-5-8-18/h3-5,7-8,10-13,15-16,26H,2,6,9,14,25H2,1H3,(H,27,28). The molecule has 4 N–H and O–H groups in total. The molecule has 7 nitrogen and oxygen atoms in total. The molecule has 1 aliphatic rings. The van der Waals surface area contributed by atoms with Gasteiger partial charge in [-0.1, -0.05) is 30.3 Å². The van der Waals surface area contributed by atoms with Crippen molar-refractivity contribution in [1.82, 2.24) is 4.98 Å². The maximum absolute atomic E-state index is 11.7. The maximum atomic E-state index is 11.7. The van der Waals surface area contributed by atoms with E-state index >= 15 is 0 Å². The van der Waals surface area contributed by atoms with Crippen LogP contribution in [0.4, 0.5) is 5.82 Å². The van der Waals surface area contributed by atoms with Gasteiger partial charge in [-0.15, -0.1) is 0 Å². The van der Waals surface area contributed by atoms with Crippen LogP contribution in [0, 0.1) is 0 Å². The third-order valence-electron chi connectivity index (χ3n) is 5.21. The zero-order valence-corrected chi connectivity index (χ0v) is 17.4. The van der Waals surface area contributed by atoms with E-state index in [0.717, 1.165) is 34.0 Å². The van der Waals surface area contributed by atoms with Gasteiger partial charge in [0, 0.05) is 23.7 Å². The Bertz CT molecular complexity index is 1060. The summed E-state index contributed by atoms with van der Waals surface area (Å²) < 4.78 is 10.9. The highest BCUT2D eigenvalue weighted by atomic mass is 16.5. The van der Waals surface area contributed by atoms with Crippen LogP contribution in [0.1, 0.15) is 31.7 Å². The molecule has 3 aromatic rings. The lowest BCUT2D eigenvalue weighted by atomic mass is 9.89. The number of carbonyl (C=O) groups excluding carboxylic acids is 1. The van der Waals surface area contributed by atoms with E-state index in [1.807, 2.05) is 60.8 Å². The Labute approximate surface area is 181 Å². The highest BCUT2D eigenvalue weighted by Gasteiger charge is 2.35. The summed E-state index contributed by atoms with van der Waals surface area (Å²) in [6.45, 7) is 2.18. The molecule has 1 unspecified atom stereocenters. The van der Waals surface area contributed by atoms with Crippen LogP contribution in [0.25, 0.3) is 11.1 Å². The molecule has 0 fully saturated rings. The average Bonchev–Trinajstić information content (AvgIpc) is 3.21. The largest absolute Gasteiger partial charge is 0.466 e. The first-order valence-corrected chi connectivity index (χ1v) is 10.4. The number of benzene rings is 2. The Kier molecular flexibility index (Phi) is 6.04. The quantitative estimate of drug-likeness (QED) is 0.457. The third kappa shape index (κ3) is 4.62. The van der Waals surface area contributed by atoms with Crippen molar-refractivity contribution in [3.8, 4) is 22.6 Å². The first kappa shape index (κ1) is 20.7. The predicted molar refractivity (Wildman–Crippen MR) is 121 cm³/mol. The number of hydrogen-bond acceptors (Lipinski definition) is 6.